The lowest BCUT2D eigenvalue weighted by molar-refractivity contribution is -0.141. The van der Waals surface area contributed by atoms with Crippen molar-refractivity contribution in [1.82, 2.24) is 9.80 Å². The molecule has 1 saturated carbocycles. The molecule has 23 heavy (non-hydrogen) atoms. The average Bonchev–Trinajstić information content (AvgIpc) is 2.60. The standard InChI is InChI=1S/C17H31N3O2S/c1-23-12-7-15(18)17(22)20-10-8-19(9-11-20)16(21)13-14-5-3-2-4-6-14/h14-15H,2-13,18H2,1H3/t15-/m0/s1. The van der Waals surface area contributed by atoms with Crippen LogP contribution in [0, 0.1) is 5.92 Å². The lowest BCUT2D eigenvalue weighted by Crippen LogP contribution is -2.54. The van der Waals surface area contributed by atoms with Crippen molar-refractivity contribution in [3.05, 3.63) is 0 Å². The third-order valence-corrected chi connectivity index (χ3v) is 5.73. The fraction of sp³-hybridized carbons (Fsp3) is 0.882. The monoisotopic (exact) mass is 341 g/mol. The smallest absolute Gasteiger partial charge is 0.239 e. The van der Waals surface area contributed by atoms with E-state index in [9.17, 15) is 9.59 Å². The number of piperazine rings is 1. The highest BCUT2D eigenvalue weighted by Gasteiger charge is 2.28. The highest BCUT2D eigenvalue weighted by Crippen LogP contribution is 2.27. The van der Waals surface area contributed by atoms with Crippen molar-refractivity contribution in [2.24, 2.45) is 11.7 Å². The first-order valence-corrected chi connectivity index (χ1v) is 10.3. The first-order valence-electron chi connectivity index (χ1n) is 8.93. The van der Waals surface area contributed by atoms with Crippen molar-refractivity contribution < 1.29 is 9.59 Å². The molecule has 0 aromatic rings. The Balaban J connectivity index is 1.72. The largest absolute Gasteiger partial charge is 0.339 e. The van der Waals surface area contributed by atoms with E-state index < -0.39 is 6.04 Å². The molecule has 132 valence electrons. The number of rotatable bonds is 6. The normalized spacial score (nSPS) is 21.3. The van der Waals surface area contributed by atoms with Gasteiger partial charge in [0, 0.05) is 32.6 Å². The summed E-state index contributed by atoms with van der Waals surface area (Å²) in [6.45, 7) is 2.57. The number of carbonyl (C=O) groups is 2. The molecule has 2 aliphatic rings. The number of hydrogen-bond donors (Lipinski definition) is 1. The van der Waals surface area contributed by atoms with Crippen molar-refractivity contribution in [2.75, 3.05) is 38.2 Å². The zero-order valence-electron chi connectivity index (χ0n) is 14.3. The summed E-state index contributed by atoms with van der Waals surface area (Å²) in [5.74, 6) is 1.80. The number of amides is 2. The number of nitrogens with zero attached hydrogens (tertiary/aromatic N) is 2. The predicted octanol–water partition coefficient (Wildman–Crippen LogP) is 1.71. The molecule has 2 N–H and O–H groups in total. The molecular weight excluding hydrogens is 310 g/mol. The zero-order chi connectivity index (χ0) is 16.7. The van der Waals surface area contributed by atoms with E-state index in [-0.39, 0.29) is 11.8 Å². The molecule has 2 amide bonds. The number of hydrogen-bond acceptors (Lipinski definition) is 4. The molecule has 0 aromatic carbocycles. The molecule has 5 nitrogen and oxygen atoms in total. The fourth-order valence-corrected chi connectivity index (χ4v) is 4.04. The van der Waals surface area contributed by atoms with E-state index in [0.29, 0.717) is 38.5 Å². The maximum Gasteiger partial charge on any atom is 0.239 e. The topological polar surface area (TPSA) is 66.6 Å². The van der Waals surface area contributed by atoms with Crippen molar-refractivity contribution in [3.63, 3.8) is 0 Å². The summed E-state index contributed by atoms with van der Waals surface area (Å²) >= 11 is 1.71. The molecule has 1 aliphatic heterocycles. The van der Waals surface area contributed by atoms with E-state index >= 15 is 0 Å². The van der Waals surface area contributed by atoms with Gasteiger partial charge in [0.15, 0.2) is 0 Å². The van der Waals surface area contributed by atoms with Crippen LogP contribution in [0.3, 0.4) is 0 Å². The summed E-state index contributed by atoms with van der Waals surface area (Å²) in [5.41, 5.74) is 5.97. The van der Waals surface area contributed by atoms with Crippen molar-refractivity contribution >= 4 is 23.6 Å². The van der Waals surface area contributed by atoms with Crippen molar-refractivity contribution in [1.29, 1.82) is 0 Å². The summed E-state index contributed by atoms with van der Waals surface area (Å²) in [4.78, 5) is 28.5. The second kappa shape index (κ2) is 9.52. The maximum absolute atomic E-state index is 12.4. The highest BCUT2D eigenvalue weighted by atomic mass is 32.2. The van der Waals surface area contributed by atoms with Crippen LogP contribution in [0.25, 0.3) is 0 Å². The Bertz CT molecular complexity index is 391. The van der Waals surface area contributed by atoms with Crippen LogP contribution in [0.4, 0.5) is 0 Å². The van der Waals surface area contributed by atoms with Crippen molar-refractivity contribution in [2.45, 2.75) is 51.0 Å². The van der Waals surface area contributed by atoms with Gasteiger partial charge in [0.1, 0.15) is 0 Å². The second-order valence-corrected chi connectivity index (χ2v) is 7.79. The van der Waals surface area contributed by atoms with Crippen LogP contribution < -0.4 is 5.73 Å². The molecule has 0 bridgehead atoms. The lowest BCUT2D eigenvalue weighted by Gasteiger charge is -2.36. The van der Waals surface area contributed by atoms with Crippen LogP contribution in [-0.2, 0) is 9.59 Å². The summed E-state index contributed by atoms with van der Waals surface area (Å²) in [6.07, 6.45) is 9.71. The Morgan fingerprint density at radius 2 is 1.70 bits per heavy atom. The molecule has 1 aliphatic carbocycles. The molecule has 0 spiro atoms. The van der Waals surface area contributed by atoms with Gasteiger partial charge in [0.25, 0.3) is 0 Å². The predicted molar refractivity (Wildman–Crippen MR) is 95.3 cm³/mol. The Labute approximate surface area is 144 Å². The van der Waals surface area contributed by atoms with Gasteiger partial charge >= 0.3 is 0 Å². The van der Waals surface area contributed by atoms with E-state index in [1.165, 1.54) is 32.1 Å². The molecule has 1 saturated heterocycles. The van der Waals surface area contributed by atoms with Crippen LogP contribution in [0.5, 0.6) is 0 Å². The van der Waals surface area contributed by atoms with Crippen LogP contribution in [0.1, 0.15) is 44.9 Å². The second-order valence-electron chi connectivity index (χ2n) is 6.80. The number of nitrogens with two attached hydrogens (primary N) is 1. The third-order valence-electron chi connectivity index (χ3n) is 5.08. The van der Waals surface area contributed by atoms with Gasteiger partial charge in [-0.3, -0.25) is 9.59 Å². The minimum absolute atomic E-state index is 0.0402. The van der Waals surface area contributed by atoms with E-state index in [1.54, 1.807) is 11.8 Å². The number of thioether (sulfide) groups is 1. The SMILES string of the molecule is CSCC[C@H](N)C(=O)N1CCN(C(=O)CC2CCCCC2)CC1. The minimum atomic E-state index is -0.396. The van der Waals surface area contributed by atoms with Gasteiger partial charge in [-0.25, -0.2) is 0 Å². The molecule has 6 heteroatoms. The number of carbonyl (C=O) groups excluding carboxylic acids is 2. The molecule has 0 unspecified atom stereocenters. The first-order chi connectivity index (χ1) is 11.1. The maximum atomic E-state index is 12.4. The summed E-state index contributed by atoms with van der Waals surface area (Å²) in [5, 5.41) is 0. The summed E-state index contributed by atoms with van der Waals surface area (Å²) in [6, 6.07) is -0.396. The lowest BCUT2D eigenvalue weighted by atomic mass is 9.86. The van der Waals surface area contributed by atoms with Crippen LogP contribution >= 0.6 is 11.8 Å². The minimum Gasteiger partial charge on any atom is -0.339 e. The van der Waals surface area contributed by atoms with E-state index in [0.717, 1.165) is 12.2 Å². The van der Waals surface area contributed by atoms with Crippen LogP contribution in [0.15, 0.2) is 0 Å². The van der Waals surface area contributed by atoms with Gasteiger partial charge < -0.3 is 15.5 Å². The fourth-order valence-electron chi connectivity index (χ4n) is 3.55. The Morgan fingerprint density at radius 3 is 2.30 bits per heavy atom. The van der Waals surface area contributed by atoms with E-state index in [4.69, 9.17) is 5.73 Å². The molecule has 0 aromatic heterocycles. The summed E-state index contributed by atoms with van der Waals surface area (Å²) in [7, 11) is 0. The van der Waals surface area contributed by atoms with Gasteiger partial charge in [0.05, 0.1) is 6.04 Å². The Kier molecular flexibility index (Phi) is 7.70. The molecular formula is C17H31N3O2S. The summed E-state index contributed by atoms with van der Waals surface area (Å²) < 4.78 is 0. The molecule has 1 atom stereocenters. The van der Waals surface area contributed by atoms with Gasteiger partial charge in [-0.2, -0.15) is 11.8 Å². The zero-order valence-corrected chi connectivity index (χ0v) is 15.2. The highest BCUT2D eigenvalue weighted by molar-refractivity contribution is 7.98. The van der Waals surface area contributed by atoms with Gasteiger partial charge in [-0.1, -0.05) is 19.3 Å². The Hall–Kier alpha value is -0.750. The van der Waals surface area contributed by atoms with Gasteiger partial charge in [0.2, 0.25) is 11.8 Å². The molecule has 2 fully saturated rings. The van der Waals surface area contributed by atoms with Crippen molar-refractivity contribution in [3.8, 4) is 0 Å². The third kappa shape index (κ3) is 5.68. The van der Waals surface area contributed by atoms with E-state index in [2.05, 4.69) is 0 Å². The van der Waals surface area contributed by atoms with Crippen LogP contribution in [0.2, 0.25) is 0 Å². The molecule has 0 radical (unpaired) electrons. The van der Waals surface area contributed by atoms with Crippen LogP contribution in [-0.4, -0.2) is 65.8 Å². The molecule has 1 heterocycles. The van der Waals surface area contributed by atoms with E-state index in [1.807, 2.05) is 16.1 Å². The quantitative estimate of drug-likeness (QED) is 0.799. The first kappa shape index (κ1) is 18.6. The Morgan fingerprint density at radius 1 is 1.09 bits per heavy atom. The average molecular weight is 342 g/mol. The van der Waals surface area contributed by atoms with Gasteiger partial charge in [-0.05, 0) is 37.2 Å². The molecule has 2 rings (SSSR count). The van der Waals surface area contributed by atoms with Gasteiger partial charge in [-0.15, -0.1) is 0 Å².